The number of carbonyl (C=O) groups is 1. The van der Waals surface area contributed by atoms with E-state index < -0.39 is 0 Å². The second kappa shape index (κ2) is 9.88. The lowest BCUT2D eigenvalue weighted by Gasteiger charge is -2.13. The second-order valence-electron chi connectivity index (χ2n) is 9.13. The Balaban J connectivity index is 1.36. The summed E-state index contributed by atoms with van der Waals surface area (Å²) in [5.41, 5.74) is 5.41. The van der Waals surface area contributed by atoms with E-state index in [2.05, 4.69) is 25.8 Å². The number of anilines is 1. The van der Waals surface area contributed by atoms with Crippen molar-refractivity contribution in [2.75, 3.05) is 11.9 Å². The van der Waals surface area contributed by atoms with E-state index in [0.29, 0.717) is 43.0 Å². The van der Waals surface area contributed by atoms with Gasteiger partial charge in [-0.3, -0.25) is 14.2 Å². The number of aryl methyl sites for hydroxylation is 2. The molecular formula is C26H28FN7O2. The molecule has 10 heteroatoms. The molecule has 0 unspecified atom stereocenters. The lowest BCUT2D eigenvalue weighted by atomic mass is 10.0. The summed E-state index contributed by atoms with van der Waals surface area (Å²) in [5.74, 6) is 0.983. The lowest BCUT2D eigenvalue weighted by Crippen LogP contribution is -2.30. The number of nitrogens with one attached hydrogen (secondary N) is 2. The SMILES string of the molecule is Cc1nc(CCC(=O)NC(C)C)ccc1-c1cnc(NCc2c(F)ccc3c2CCO3)n2cnnc12. The number of carbonyl (C=O) groups excluding carboxylic acids is 1. The Morgan fingerprint density at radius 1 is 1.22 bits per heavy atom. The molecule has 1 amide bonds. The Labute approximate surface area is 208 Å². The van der Waals surface area contributed by atoms with E-state index in [1.54, 1.807) is 23.0 Å². The highest BCUT2D eigenvalue weighted by molar-refractivity contribution is 5.79. The van der Waals surface area contributed by atoms with Gasteiger partial charge in [0, 0.05) is 65.3 Å². The van der Waals surface area contributed by atoms with Crippen LogP contribution < -0.4 is 15.4 Å². The molecule has 9 nitrogen and oxygen atoms in total. The minimum absolute atomic E-state index is 0.0128. The fraction of sp³-hybridized carbons (Fsp3) is 0.346. The van der Waals surface area contributed by atoms with Gasteiger partial charge in [-0.25, -0.2) is 9.37 Å². The molecule has 4 heterocycles. The highest BCUT2D eigenvalue weighted by Crippen LogP contribution is 2.31. The first-order valence-corrected chi connectivity index (χ1v) is 12.0. The molecule has 0 saturated carbocycles. The zero-order valence-corrected chi connectivity index (χ0v) is 20.5. The predicted octanol–water partition coefficient (Wildman–Crippen LogP) is 3.64. The lowest BCUT2D eigenvalue weighted by molar-refractivity contribution is -0.121. The van der Waals surface area contributed by atoms with Crippen LogP contribution in [0.1, 0.15) is 42.8 Å². The summed E-state index contributed by atoms with van der Waals surface area (Å²) in [4.78, 5) is 21.2. The van der Waals surface area contributed by atoms with E-state index in [9.17, 15) is 9.18 Å². The zero-order valence-electron chi connectivity index (χ0n) is 20.5. The summed E-state index contributed by atoms with van der Waals surface area (Å²) in [6.45, 7) is 6.63. The molecule has 4 aromatic rings. The van der Waals surface area contributed by atoms with E-state index in [1.807, 2.05) is 32.9 Å². The highest BCUT2D eigenvalue weighted by Gasteiger charge is 2.20. The molecule has 3 aromatic heterocycles. The van der Waals surface area contributed by atoms with Crippen molar-refractivity contribution in [3.05, 3.63) is 65.1 Å². The first-order chi connectivity index (χ1) is 17.4. The van der Waals surface area contributed by atoms with Crippen molar-refractivity contribution in [2.24, 2.45) is 0 Å². The molecule has 0 fully saturated rings. The number of nitrogens with zero attached hydrogens (tertiary/aromatic N) is 5. The van der Waals surface area contributed by atoms with Crippen molar-refractivity contribution >= 4 is 17.5 Å². The van der Waals surface area contributed by atoms with Crippen LogP contribution >= 0.6 is 0 Å². The van der Waals surface area contributed by atoms with Crippen LogP contribution in [0.15, 0.2) is 36.8 Å². The van der Waals surface area contributed by atoms with Crippen LogP contribution in [-0.4, -0.2) is 43.1 Å². The van der Waals surface area contributed by atoms with Crippen LogP contribution in [0.3, 0.4) is 0 Å². The molecule has 36 heavy (non-hydrogen) atoms. The summed E-state index contributed by atoms with van der Waals surface area (Å²) in [6.07, 6.45) is 4.93. The molecule has 0 radical (unpaired) electrons. The van der Waals surface area contributed by atoms with Crippen molar-refractivity contribution in [1.29, 1.82) is 0 Å². The smallest absolute Gasteiger partial charge is 0.220 e. The normalized spacial score (nSPS) is 12.6. The van der Waals surface area contributed by atoms with Crippen LogP contribution in [0.25, 0.3) is 16.8 Å². The molecule has 5 rings (SSSR count). The van der Waals surface area contributed by atoms with Gasteiger partial charge in [0.1, 0.15) is 17.9 Å². The number of fused-ring (bicyclic) bond motifs is 2. The Morgan fingerprint density at radius 3 is 2.89 bits per heavy atom. The zero-order chi connectivity index (χ0) is 25.2. The van der Waals surface area contributed by atoms with Gasteiger partial charge in [-0.2, -0.15) is 0 Å². The largest absolute Gasteiger partial charge is 0.493 e. The fourth-order valence-electron chi connectivity index (χ4n) is 4.49. The third kappa shape index (κ3) is 4.71. The molecule has 2 N–H and O–H groups in total. The van der Waals surface area contributed by atoms with Crippen molar-refractivity contribution in [1.82, 2.24) is 29.9 Å². The van der Waals surface area contributed by atoms with Crippen LogP contribution in [0.5, 0.6) is 5.75 Å². The maximum Gasteiger partial charge on any atom is 0.220 e. The number of pyridine rings is 1. The molecular weight excluding hydrogens is 461 g/mol. The summed E-state index contributed by atoms with van der Waals surface area (Å²) in [7, 11) is 0. The Morgan fingerprint density at radius 2 is 2.08 bits per heavy atom. The number of rotatable bonds is 8. The Kier molecular flexibility index (Phi) is 6.49. The first kappa shape index (κ1) is 23.7. The van der Waals surface area contributed by atoms with E-state index in [0.717, 1.165) is 33.8 Å². The average Bonchev–Trinajstić information content (AvgIpc) is 3.52. The molecule has 0 saturated heterocycles. The highest BCUT2D eigenvalue weighted by atomic mass is 19.1. The number of hydrogen-bond acceptors (Lipinski definition) is 7. The van der Waals surface area contributed by atoms with Gasteiger partial charge < -0.3 is 15.4 Å². The number of ether oxygens (including phenoxy) is 1. The molecule has 1 aromatic carbocycles. The number of aromatic nitrogens is 5. The van der Waals surface area contributed by atoms with Crippen LogP contribution in [0, 0.1) is 12.7 Å². The summed E-state index contributed by atoms with van der Waals surface area (Å²) in [6, 6.07) is 7.12. The Bertz CT molecular complexity index is 1430. The maximum atomic E-state index is 14.5. The van der Waals surface area contributed by atoms with Crippen molar-refractivity contribution < 1.29 is 13.9 Å². The first-order valence-electron chi connectivity index (χ1n) is 12.0. The van der Waals surface area contributed by atoms with Crippen LogP contribution in [0.4, 0.5) is 10.3 Å². The molecule has 186 valence electrons. The fourth-order valence-corrected chi connectivity index (χ4v) is 4.49. The van der Waals surface area contributed by atoms with Crippen molar-refractivity contribution in [2.45, 2.75) is 52.6 Å². The van der Waals surface area contributed by atoms with E-state index >= 15 is 0 Å². The van der Waals surface area contributed by atoms with Gasteiger partial charge in [0.2, 0.25) is 11.9 Å². The van der Waals surface area contributed by atoms with Gasteiger partial charge in [0.05, 0.1) is 6.61 Å². The topological polar surface area (TPSA) is 106 Å². The van der Waals surface area contributed by atoms with Gasteiger partial charge in [-0.1, -0.05) is 6.07 Å². The third-order valence-corrected chi connectivity index (χ3v) is 6.19. The van der Waals surface area contributed by atoms with Gasteiger partial charge >= 0.3 is 0 Å². The standard InChI is InChI=1S/C26H28FN7O2/c1-15(2)31-24(35)9-5-17-4-6-18(16(3)32-17)21-13-29-26(34-14-30-33-25(21)34)28-12-20-19-10-11-36-23(19)8-7-22(20)27/h4,6-8,13-15H,5,9-12H2,1-3H3,(H,28,29)(H,31,35). The number of amides is 1. The Hall–Kier alpha value is -4.08. The van der Waals surface area contributed by atoms with Gasteiger partial charge in [-0.05, 0) is 45.4 Å². The summed E-state index contributed by atoms with van der Waals surface area (Å²) < 4.78 is 21.9. The van der Waals surface area contributed by atoms with E-state index in [4.69, 9.17) is 9.72 Å². The number of halogens is 1. The molecule has 0 atom stereocenters. The quantitative estimate of drug-likeness (QED) is 0.389. The van der Waals surface area contributed by atoms with E-state index in [-0.39, 0.29) is 24.3 Å². The number of hydrogen-bond donors (Lipinski definition) is 2. The minimum Gasteiger partial charge on any atom is -0.493 e. The predicted molar refractivity (Wildman–Crippen MR) is 133 cm³/mol. The number of benzene rings is 1. The third-order valence-electron chi connectivity index (χ3n) is 6.19. The molecule has 1 aliphatic rings. The van der Waals surface area contributed by atoms with Crippen LogP contribution in [-0.2, 0) is 24.2 Å². The monoisotopic (exact) mass is 489 g/mol. The molecule has 0 aliphatic carbocycles. The molecule has 0 bridgehead atoms. The van der Waals surface area contributed by atoms with E-state index in [1.165, 1.54) is 6.07 Å². The van der Waals surface area contributed by atoms with Gasteiger partial charge in [-0.15, -0.1) is 10.2 Å². The molecule has 1 aliphatic heterocycles. The average molecular weight is 490 g/mol. The summed E-state index contributed by atoms with van der Waals surface area (Å²) >= 11 is 0. The maximum absolute atomic E-state index is 14.5. The summed E-state index contributed by atoms with van der Waals surface area (Å²) in [5, 5.41) is 14.5. The van der Waals surface area contributed by atoms with Crippen molar-refractivity contribution in [3.8, 4) is 16.9 Å². The van der Waals surface area contributed by atoms with Gasteiger partial charge in [0.15, 0.2) is 5.65 Å². The van der Waals surface area contributed by atoms with Crippen LogP contribution in [0.2, 0.25) is 0 Å². The van der Waals surface area contributed by atoms with Gasteiger partial charge in [0.25, 0.3) is 0 Å². The van der Waals surface area contributed by atoms with Crippen molar-refractivity contribution in [3.63, 3.8) is 0 Å². The molecule has 0 spiro atoms. The second-order valence-corrected chi connectivity index (χ2v) is 9.13. The minimum atomic E-state index is -0.271.